The number of nitrogens with zero attached hydrogens (tertiary/aromatic N) is 4. The summed E-state index contributed by atoms with van der Waals surface area (Å²) in [6, 6.07) is 0. The fourth-order valence-electron chi connectivity index (χ4n) is 0.578. The summed E-state index contributed by atoms with van der Waals surface area (Å²) in [5.74, 6) is 0. The van der Waals surface area contributed by atoms with Crippen LogP contribution in [0.1, 0.15) is 0 Å². The lowest BCUT2D eigenvalue weighted by molar-refractivity contribution is 1.16. The molecule has 0 amide bonds. The van der Waals surface area contributed by atoms with Crippen molar-refractivity contribution in [2.45, 2.75) is 0 Å². The van der Waals surface area contributed by atoms with Crippen LogP contribution in [0.5, 0.6) is 0 Å². The van der Waals surface area contributed by atoms with Crippen molar-refractivity contribution in [3.63, 3.8) is 0 Å². The largest absolute Gasteiger partial charge is 0.224 e. The Kier molecular flexibility index (Phi) is 1.25. The van der Waals surface area contributed by atoms with E-state index in [1.807, 2.05) is 0 Å². The van der Waals surface area contributed by atoms with Crippen molar-refractivity contribution >= 4 is 33.5 Å². The van der Waals surface area contributed by atoms with Crippen LogP contribution in [0.15, 0.2) is 6.20 Å². The van der Waals surface area contributed by atoms with E-state index in [0.29, 0.717) is 5.52 Å². The highest BCUT2D eigenvalue weighted by Crippen LogP contribution is 2.12. The first-order chi connectivity index (χ1) is 4.86. The molecule has 0 aliphatic carbocycles. The van der Waals surface area contributed by atoms with E-state index >= 15 is 0 Å². The molecule has 2 rings (SSSR count). The highest BCUT2D eigenvalue weighted by molar-refractivity contribution is 7.12. The number of hydrogen-bond donors (Lipinski definition) is 0. The van der Waals surface area contributed by atoms with E-state index in [2.05, 4.69) is 19.6 Å². The van der Waals surface area contributed by atoms with Gasteiger partial charge in [-0.05, 0) is 11.6 Å². The van der Waals surface area contributed by atoms with Gasteiger partial charge >= 0.3 is 0 Å². The second kappa shape index (κ2) is 2.10. The highest BCUT2D eigenvalue weighted by Gasteiger charge is 1.99. The Morgan fingerprint density at radius 2 is 2.40 bits per heavy atom. The second-order valence-corrected chi connectivity index (χ2v) is 2.67. The third kappa shape index (κ3) is 0.833. The molecular weight excluding hydrogens is 172 g/mol. The zero-order valence-corrected chi connectivity index (χ0v) is 6.22. The molecular formula is C4HClN4S. The first kappa shape index (κ1) is 5.94. The molecule has 0 spiro atoms. The molecule has 10 heavy (non-hydrogen) atoms. The summed E-state index contributed by atoms with van der Waals surface area (Å²) in [7, 11) is 0. The Hall–Kier alpha value is -0.810. The summed E-state index contributed by atoms with van der Waals surface area (Å²) in [5.41, 5.74) is 0.689. The van der Waals surface area contributed by atoms with Gasteiger partial charge in [-0.2, -0.15) is 0 Å². The normalized spacial score (nSPS) is 10.5. The Bertz CT molecular complexity index is 359. The van der Waals surface area contributed by atoms with Gasteiger partial charge in [0.15, 0.2) is 4.83 Å². The van der Waals surface area contributed by atoms with Crippen LogP contribution in [0.2, 0.25) is 5.28 Å². The quantitative estimate of drug-likeness (QED) is 0.559. The Balaban J connectivity index is 2.86. The zero-order valence-electron chi connectivity index (χ0n) is 4.65. The zero-order chi connectivity index (χ0) is 6.97. The van der Waals surface area contributed by atoms with Crippen molar-refractivity contribution < 1.29 is 0 Å². The molecule has 0 unspecified atom stereocenters. The van der Waals surface area contributed by atoms with E-state index in [1.54, 1.807) is 6.20 Å². The smallest absolute Gasteiger partial charge is 0.223 e. The van der Waals surface area contributed by atoms with Crippen LogP contribution in [0.25, 0.3) is 10.3 Å². The first-order valence-corrected chi connectivity index (χ1v) is 3.62. The fourth-order valence-corrected chi connectivity index (χ4v) is 1.28. The van der Waals surface area contributed by atoms with Crippen molar-refractivity contribution in [1.82, 2.24) is 19.6 Å². The fraction of sp³-hybridized carbons (Fsp3) is 0. The minimum Gasteiger partial charge on any atom is -0.224 e. The van der Waals surface area contributed by atoms with Crippen LogP contribution >= 0.6 is 23.1 Å². The van der Waals surface area contributed by atoms with Gasteiger partial charge < -0.3 is 0 Å². The lowest BCUT2D eigenvalue weighted by Crippen LogP contribution is -1.79. The van der Waals surface area contributed by atoms with Gasteiger partial charge in [-0.1, -0.05) is 4.49 Å². The average molecular weight is 173 g/mol. The molecule has 2 aromatic heterocycles. The molecule has 0 bridgehead atoms. The standard InChI is InChI=1S/C4HClN4S/c5-4-6-1-2-3(7-4)10-9-8-2/h1H. The second-order valence-electron chi connectivity index (χ2n) is 1.60. The maximum atomic E-state index is 5.50. The van der Waals surface area contributed by atoms with Gasteiger partial charge in [0.1, 0.15) is 5.52 Å². The van der Waals surface area contributed by atoms with Crippen LogP contribution in [0.3, 0.4) is 0 Å². The summed E-state index contributed by atoms with van der Waals surface area (Å²) in [6.45, 7) is 0. The van der Waals surface area contributed by atoms with Gasteiger partial charge in [-0.3, -0.25) is 0 Å². The molecule has 0 atom stereocenters. The van der Waals surface area contributed by atoms with Crippen LogP contribution in [0.4, 0.5) is 0 Å². The minimum atomic E-state index is 0.235. The summed E-state index contributed by atoms with van der Waals surface area (Å²) in [6.07, 6.45) is 1.55. The van der Waals surface area contributed by atoms with E-state index in [1.165, 1.54) is 11.5 Å². The summed E-state index contributed by atoms with van der Waals surface area (Å²) < 4.78 is 3.67. The Morgan fingerprint density at radius 1 is 1.50 bits per heavy atom. The average Bonchev–Trinajstić information content (AvgIpc) is 2.33. The summed E-state index contributed by atoms with van der Waals surface area (Å²) >= 11 is 6.71. The topological polar surface area (TPSA) is 51.6 Å². The van der Waals surface area contributed by atoms with E-state index < -0.39 is 0 Å². The summed E-state index contributed by atoms with van der Waals surface area (Å²) in [5, 5.41) is 3.98. The summed E-state index contributed by atoms with van der Waals surface area (Å²) in [4.78, 5) is 8.34. The SMILES string of the molecule is Clc1ncc2nnsc2n1. The van der Waals surface area contributed by atoms with Crippen LogP contribution in [-0.2, 0) is 0 Å². The van der Waals surface area contributed by atoms with Gasteiger partial charge in [0.05, 0.1) is 6.20 Å². The molecule has 0 saturated carbocycles. The van der Waals surface area contributed by atoms with E-state index in [4.69, 9.17) is 11.6 Å². The molecule has 0 radical (unpaired) electrons. The van der Waals surface area contributed by atoms with Gasteiger partial charge in [-0.15, -0.1) is 5.10 Å². The first-order valence-electron chi connectivity index (χ1n) is 2.47. The molecule has 0 fully saturated rings. The van der Waals surface area contributed by atoms with Crippen molar-refractivity contribution in [3.05, 3.63) is 11.5 Å². The van der Waals surface area contributed by atoms with Gasteiger partial charge in [-0.25, -0.2) is 9.97 Å². The third-order valence-corrected chi connectivity index (χ3v) is 1.80. The predicted octanol–water partition coefficient (Wildman–Crippen LogP) is 1.13. The number of aromatic nitrogens is 4. The highest BCUT2D eigenvalue weighted by atomic mass is 35.5. The lowest BCUT2D eigenvalue weighted by atomic mass is 10.6. The number of fused-ring (bicyclic) bond motifs is 1. The maximum Gasteiger partial charge on any atom is 0.223 e. The van der Waals surface area contributed by atoms with E-state index in [9.17, 15) is 0 Å². The Morgan fingerprint density at radius 3 is 3.30 bits per heavy atom. The molecule has 0 aliphatic rings. The lowest BCUT2D eigenvalue weighted by Gasteiger charge is -1.83. The monoisotopic (exact) mass is 172 g/mol. The predicted molar refractivity (Wildman–Crippen MR) is 38.0 cm³/mol. The maximum absolute atomic E-state index is 5.50. The van der Waals surface area contributed by atoms with Crippen LogP contribution in [-0.4, -0.2) is 19.6 Å². The van der Waals surface area contributed by atoms with E-state index in [0.717, 1.165) is 4.83 Å². The molecule has 4 nitrogen and oxygen atoms in total. The van der Waals surface area contributed by atoms with Crippen LogP contribution < -0.4 is 0 Å². The Labute approximate surface area is 65.0 Å². The molecule has 6 heteroatoms. The van der Waals surface area contributed by atoms with Gasteiger partial charge in [0.25, 0.3) is 0 Å². The minimum absolute atomic E-state index is 0.235. The number of hydrogen-bond acceptors (Lipinski definition) is 5. The molecule has 0 N–H and O–H groups in total. The van der Waals surface area contributed by atoms with Gasteiger partial charge in [0.2, 0.25) is 5.28 Å². The number of rotatable bonds is 0. The molecule has 50 valence electrons. The van der Waals surface area contributed by atoms with Crippen molar-refractivity contribution in [3.8, 4) is 0 Å². The third-order valence-electron chi connectivity index (χ3n) is 0.982. The molecule has 0 aliphatic heterocycles. The van der Waals surface area contributed by atoms with Crippen molar-refractivity contribution in [2.75, 3.05) is 0 Å². The van der Waals surface area contributed by atoms with Crippen molar-refractivity contribution in [1.29, 1.82) is 0 Å². The number of halogens is 1. The van der Waals surface area contributed by atoms with Gasteiger partial charge in [0, 0.05) is 11.5 Å². The molecule has 0 saturated heterocycles. The molecule has 2 aromatic rings. The van der Waals surface area contributed by atoms with E-state index in [-0.39, 0.29) is 5.28 Å². The molecule has 2 heterocycles. The molecule has 0 aromatic carbocycles. The van der Waals surface area contributed by atoms with Crippen molar-refractivity contribution in [2.24, 2.45) is 0 Å². The van der Waals surface area contributed by atoms with Crippen LogP contribution in [0, 0.1) is 0 Å².